The smallest absolute Gasteiger partial charge is 0.364 e. The fraction of sp³-hybridized carbons (Fsp3) is 0.800. The van der Waals surface area contributed by atoms with Crippen LogP contribution in [-0.4, -0.2) is 40.7 Å². The van der Waals surface area contributed by atoms with Crippen LogP contribution in [0.3, 0.4) is 0 Å². The lowest BCUT2D eigenvalue weighted by Crippen LogP contribution is -2.41. The van der Waals surface area contributed by atoms with Crippen molar-refractivity contribution in [1.29, 1.82) is 0 Å². The van der Waals surface area contributed by atoms with Crippen LogP contribution in [0.5, 0.6) is 0 Å². The van der Waals surface area contributed by atoms with Crippen molar-refractivity contribution < 1.29 is 29.6 Å². The van der Waals surface area contributed by atoms with Gasteiger partial charge in [-0.2, -0.15) is 0 Å². The van der Waals surface area contributed by atoms with Crippen LogP contribution in [0.4, 0.5) is 0 Å². The molecule has 0 unspecified atom stereocenters. The predicted molar refractivity (Wildman–Crippen MR) is 32.4 cm³/mol. The van der Waals surface area contributed by atoms with Crippen LogP contribution in [0.1, 0.15) is 6.92 Å². The maximum Gasteiger partial charge on any atom is 0.364 e. The summed E-state index contributed by atoms with van der Waals surface area (Å²) < 4.78 is 8.61. The van der Waals surface area contributed by atoms with Gasteiger partial charge in [0.1, 0.15) is 13.6 Å². The van der Waals surface area contributed by atoms with Crippen molar-refractivity contribution in [3.05, 3.63) is 0 Å². The molecule has 0 saturated carbocycles. The lowest BCUT2D eigenvalue weighted by Gasteiger charge is -2.22. The minimum atomic E-state index is -1.98. The minimum Gasteiger partial charge on any atom is -0.477 e. The Morgan fingerprint density at radius 3 is 1.91 bits per heavy atom. The molecule has 0 aromatic rings. The van der Waals surface area contributed by atoms with Crippen molar-refractivity contribution in [2.24, 2.45) is 0 Å². The molecule has 11 heavy (non-hydrogen) atoms. The molecule has 6 heteroatoms. The summed E-state index contributed by atoms with van der Waals surface area (Å²) in [6.07, 6.45) is 0. The van der Waals surface area contributed by atoms with Crippen LogP contribution in [0, 0.1) is 0 Å². The molecule has 0 radical (unpaired) electrons. The van der Waals surface area contributed by atoms with Gasteiger partial charge in [0, 0.05) is 6.92 Å². The quantitative estimate of drug-likeness (QED) is 0.440. The molecule has 0 amide bonds. The van der Waals surface area contributed by atoms with Crippen molar-refractivity contribution in [1.82, 2.24) is 0 Å². The SMILES string of the molecule is CC(OCO)(OCO)C(=O)O. The van der Waals surface area contributed by atoms with E-state index in [0.29, 0.717) is 0 Å². The Morgan fingerprint density at radius 2 is 1.73 bits per heavy atom. The van der Waals surface area contributed by atoms with Gasteiger partial charge in [-0.1, -0.05) is 0 Å². The molecule has 0 aromatic carbocycles. The average molecular weight is 166 g/mol. The second-order valence-corrected chi connectivity index (χ2v) is 1.80. The fourth-order valence-electron chi connectivity index (χ4n) is 0.411. The van der Waals surface area contributed by atoms with Gasteiger partial charge in [0.15, 0.2) is 0 Å². The highest BCUT2D eigenvalue weighted by molar-refractivity contribution is 5.75. The first-order valence-corrected chi connectivity index (χ1v) is 2.80. The number of carboxylic acid groups (broad SMARTS) is 1. The molecule has 0 aliphatic rings. The van der Waals surface area contributed by atoms with Gasteiger partial charge >= 0.3 is 5.97 Å². The molecular weight excluding hydrogens is 156 g/mol. The summed E-state index contributed by atoms with van der Waals surface area (Å²) >= 11 is 0. The first-order chi connectivity index (χ1) is 5.06. The zero-order valence-electron chi connectivity index (χ0n) is 5.98. The van der Waals surface area contributed by atoms with Crippen LogP contribution in [0.2, 0.25) is 0 Å². The Kier molecular flexibility index (Phi) is 3.98. The van der Waals surface area contributed by atoms with E-state index in [2.05, 4.69) is 9.47 Å². The van der Waals surface area contributed by atoms with Gasteiger partial charge in [0.05, 0.1) is 0 Å². The van der Waals surface area contributed by atoms with E-state index in [4.69, 9.17) is 15.3 Å². The number of carbonyl (C=O) groups is 1. The maximum atomic E-state index is 10.3. The van der Waals surface area contributed by atoms with E-state index in [1.54, 1.807) is 0 Å². The van der Waals surface area contributed by atoms with E-state index in [9.17, 15) is 4.79 Å². The second-order valence-electron chi connectivity index (χ2n) is 1.80. The van der Waals surface area contributed by atoms with E-state index < -0.39 is 25.3 Å². The Hall–Kier alpha value is -0.690. The van der Waals surface area contributed by atoms with E-state index in [-0.39, 0.29) is 0 Å². The number of hydrogen-bond acceptors (Lipinski definition) is 5. The van der Waals surface area contributed by atoms with Crippen LogP contribution < -0.4 is 0 Å². The Bertz CT molecular complexity index is 127. The van der Waals surface area contributed by atoms with Crippen molar-refractivity contribution in [2.45, 2.75) is 12.7 Å². The lowest BCUT2D eigenvalue weighted by molar-refractivity contribution is -0.274. The van der Waals surface area contributed by atoms with Gasteiger partial charge in [-0.25, -0.2) is 4.79 Å². The van der Waals surface area contributed by atoms with Gasteiger partial charge < -0.3 is 24.8 Å². The number of rotatable bonds is 5. The van der Waals surface area contributed by atoms with E-state index in [0.717, 1.165) is 6.92 Å². The molecule has 3 N–H and O–H groups in total. The monoisotopic (exact) mass is 166 g/mol. The molecule has 0 rings (SSSR count). The summed E-state index contributed by atoms with van der Waals surface area (Å²) in [5.41, 5.74) is 0. The third kappa shape index (κ3) is 2.81. The highest BCUT2D eigenvalue weighted by atomic mass is 16.8. The van der Waals surface area contributed by atoms with E-state index >= 15 is 0 Å². The highest BCUT2D eigenvalue weighted by Crippen LogP contribution is 2.11. The molecule has 0 bridgehead atoms. The van der Waals surface area contributed by atoms with Crippen molar-refractivity contribution in [2.75, 3.05) is 13.6 Å². The summed E-state index contributed by atoms with van der Waals surface area (Å²) in [4.78, 5) is 10.3. The summed E-state index contributed by atoms with van der Waals surface area (Å²) in [7, 11) is 0. The molecule has 0 aromatic heterocycles. The van der Waals surface area contributed by atoms with Crippen molar-refractivity contribution >= 4 is 5.97 Å². The largest absolute Gasteiger partial charge is 0.477 e. The van der Waals surface area contributed by atoms with Gasteiger partial charge in [-0.15, -0.1) is 0 Å². The molecule has 0 saturated heterocycles. The number of aliphatic carboxylic acids is 1. The summed E-state index contributed by atoms with van der Waals surface area (Å²) in [6, 6.07) is 0. The van der Waals surface area contributed by atoms with Crippen LogP contribution in [-0.2, 0) is 14.3 Å². The van der Waals surface area contributed by atoms with Gasteiger partial charge in [-0.05, 0) is 0 Å². The summed E-state index contributed by atoms with van der Waals surface area (Å²) in [5.74, 6) is -3.40. The molecule has 0 heterocycles. The molecular formula is C5H10O6. The molecule has 66 valence electrons. The van der Waals surface area contributed by atoms with E-state index in [1.807, 2.05) is 0 Å². The maximum absolute atomic E-state index is 10.3. The average Bonchev–Trinajstić information content (AvgIpc) is 1.88. The lowest BCUT2D eigenvalue weighted by atomic mass is 10.3. The van der Waals surface area contributed by atoms with Crippen LogP contribution in [0.15, 0.2) is 0 Å². The molecule has 0 aliphatic carbocycles. The Labute approximate surface area is 63.0 Å². The zero-order valence-corrected chi connectivity index (χ0v) is 5.98. The number of carboxylic acids is 1. The first-order valence-electron chi connectivity index (χ1n) is 2.80. The van der Waals surface area contributed by atoms with Gasteiger partial charge in [0.2, 0.25) is 0 Å². The number of aliphatic hydroxyl groups excluding tert-OH is 2. The van der Waals surface area contributed by atoms with Crippen LogP contribution in [0.25, 0.3) is 0 Å². The summed E-state index contributed by atoms with van der Waals surface area (Å²) in [5, 5.41) is 24.9. The van der Waals surface area contributed by atoms with E-state index in [1.165, 1.54) is 0 Å². The third-order valence-electron chi connectivity index (χ3n) is 1.07. The topological polar surface area (TPSA) is 96.2 Å². The molecule has 6 nitrogen and oxygen atoms in total. The fourth-order valence-corrected chi connectivity index (χ4v) is 0.411. The first kappa shape index (κ1) is 10.3. The Balaban J connectivity index is 4.13. The molecule has 0 fully saturated rings. The van der Waals surface area contributed by atoms with Gasteiger partial charge in [0.25, 0.3) is 5.79 Å². The standard InChI is InChI=1S/C5H10O6/c1-5(4(8)9,10-2-6)11-3-7/h6-7H,2-3H2,1H3,(H,8,9). The molecule has 0 aliphatic heterocycles. The van der Waals surface area contributed by atoms with Crippen molar-refractivity contribution in [3.8, 4) is 0 Å². The third-order valence-corrected chi connectivity index (χ3v) is 1.07. The Morgan fingerprint density at radius 1 is 1.36 bits per heavy atom. The second kappa shape index (κ2) is 4.24. The highest BCUT2D eigenvalue weighted by Gasteiger charge is 2.35. The zero-order chi connectivity index (χ0) is 8.91. The van der Waals surface area contributed by atoms with Crippen molar-refractivity contribution in [3.63, 3.8) is 0 Å². The number of ether oxygens (including phenoxy) is 2. The predicted octanol–water partition coefficient (Wildman–Crippen LogP) is -1.28. The number of aliphatic hydroxyl groups is 2. The van der Waals surface area contributed by atoms with Gasteiger partial charge in [-0.3, -0.25) is 0 Å². The molecule has 0 spiro atoms. The number of hydrogen-bond donors (Lipinski definition) is 3. The normalized spacial score (nSPS) is 11.5. The summed E-state index contributed by atoms with van der Waals surface area (Å²) in [6.45, 7) is -0.507. The minimum absolute atomic E-state index is 0.789. The van der Waals surface area contributed by atoms with Crippen LogP contribution >= 0.6 is 0 Å². The molecule has 0 atom stereocenters.